The van der Waals surface area contributed by atoms with Crippen molar-refractivity contribution >= 4 is 11.9 Å². The molecule has 0 N–H and O–H groups in total. The predicted octanol–water partition coefficient (Wildman–Crippen LogP) is 3.37. The van der Waals surface area contributed by atoms with Crippen LogP contribution in [0.2, 0.25) is 0 Å². The maximum absolute atomic E-state index is 11.3. The number of hydrogen-bond acceptors (Lipinski definition) is 4. The summed E-state index contributed by atoms with van der Waals surface area (Å²) in [7, 11) is 0. The highest BCUT2D eigenvalue weighted by Gasteiger charge is 2.37. The van der Waals surface area contributed by atoms with Gasteiger partial charge >= 0.3 is 11.9 Å². The summed E-state index contributed by atoms with van der Waals surface area (Å²) in [5.41, 5.74) is 2.50. The average molecular weight is 302 g/mol. The molecule has 22 heavy (non-hydrogen) atoms. The minimum absolute atomic E-state index is 0.0666. The van der Waals surface area contributed by atoms with Crippen LogP contribution in [-0.2, 0) is 20.7 Å². The van der Waals surface area contributed by atoms with Gasteiger partial charge in [-0.05, 0) is 61.1 Å². The van der Waals surface area contributed by atoms with Gasteiger partial charge in [0, 0.05) is 13.8 Å². The van der Waals surface area contributed by atoms with E-state index in [-0.39, 0.29) is 18.0 Å². The van der Waals surface area contributed by atoms with Crippen molar-refractivity contribution in [3.63, 3.8) is 0 Å². The Morgan fingerprint density at radius 2 is 1.91 bits per heavy atom. The summed E-state index contributed by atoms with van der Waals surface area (Å²) in [6, 6.07) is 6.01. The maximum Gasteiger partial charge on any atom is 0.308 e. The zero-order valence-corrected chi connectivity index (χ0v) is 13.1. The van der Waals surface area contributed by atoms with Gasteiger partial charge in [-0.1, -0.05) is 12.1 Å². The zero-order chi connectivity index (χ0) is 15.7. The van der Waals surface area contributed by atoms with E-state index in [9.17, 15) is 9.59 Å². The molecule has 0 bridgehead atoms. The van der Waals surface area contributed by atoms with E-state index in [1.807, 2.05) is 12.1 Å². The highest BCUT2D eigenvalue weighted by atomic mass is 16.5. The van der Waals surface area contributed by atoms with E-state index in [1.54, 1.807) is 0 Å². The van der Waals surface area contributed by atoms with Crippen LogP contribution in [0.25, 0.3) is 0 Å². The van der Waals surface area contributed by atoms with Crippen molar-refractivity contribution in [1.82, 2.24) is 0 Å². The summed E-state index contributed by atoms with van der Waals surface area (Å²) >= 11 is 0. The lowest BCUT2D eigenvalue weighted by Crippen LogP contribution is -2.32. The molecule has 118 valence electrons. The Kier molecular flexibility index (Phi) is 4.19. The molecule has 4 nitrogen and oxygen atoms in total. The van der Waals surface area contributed by atoms with E-state index in [0.29, 0.717) is 17.6 Å². The molecule has 3 atom stereocenters. The molecular weight excluding hydrogens is 280 g/mol. The van der Waals surface area contributed by atoms with Crippen LogP contribution in [0.1, 0.15) is 56.6 Å². The lowest BCUT2D eigenvalue weighted by Gasteiger charge is -2.40. The molecule has 1 fully saturated rings. The monoisotopic (exact) mass is 302 g/mol. The first-order valence-corrected chi connectivity index (χ1v) is 8.02. The van der Waals surface area contributed by atoms with E-state index in [0.717, 1.165) is 32.1 Å². The van der Waals surface area contributed by atoms with Gasteiger partial charge in [-0.3, -0.25) is 9.59 Å². The molecule has 0 aromatic heterocycles. The van der Waals surface area contributed by atoms with Crippen LogP contribution < -0.4 is 4.74 Å². The second-order valence-corrected chi connectivity index (χ2v) is 6.37. The lowest BCUT2D eigenvalue weighted by atomic mass is 9.67. The van der Waals surface area contributed by atoms with Crippen molar-refractivity contribution in [2.24, 2.45) is 5.92 Å². The van der Waals surface area contributed by atoms with Gasteiger partial charge in [0.15, 0.2) is 0 Å². The van der Waals surface area contributed by atoms with Crippen LogP contribution in [0, 0.1) is 5.92 Å². The summed E-state index contributed by atoms with van der Waals surface area (Å²) in [5.74, 6) is 1.31. The second-order valence-electron chi connectivity index (χ2n) is 6.37. The molecular formula is C18H22O4. The first-order valence-electron chi connectivity index (χ1n) is 8.02. The van der Waals surface area contributed by atoms with Crippen LogP contribution in [0.3, 0.4) is 0 Å². The maximum atomic E-state index is 11.3. The largest absolute Gasteiger partial charge is 0.463 e. The molecule has 4 heteroatoms. The second kappa shape index (κ2) is 6.11. The normalized spacial score (nSPS) is 26.5. The van der Waals surface area contributed by atoms with Gasteiger partial charge in [-0.2, -0.15) is 0 Å². The molecule has 0 amide bonds. The van der Waals surface area contributed by atoms with Crippen LogP contribution in [-0.4, -0.2) is 18.0 Å². The lowest BCUT2D eigenvalue weighted by molar-refractivity contribution is -0.148. The van der Waals surface area contributed by atoms with E-state index in [4.69, 9.17) is 9.47 Å². The Morgan fingerprint density at radius 3 is 2.64 bits per heavy atom. The van der Waals surface area contributed by atoms with E-state index in [2.05, 4.69) is 6.07 Å². The summed E-state index contributed by atoms with van der Waals surface area (Å²) in [4.78, 5) is 22.4. The Hall–Kier alpha value is -1.84. The molecule has 0 saturated heterocycles. The Bertz CT molecular complexity index is 593. The van der Waals surface area contributed by atoms with Crippen LogP contribution in [0.5, 0.6) is 5.75 Å². The molecule has 0 spiro atoms. The summed E-state index contributed by atoms with van der Waals surface area (Å²) in [6.45, 7) is 2.92. The van der Waals surface area contributed by atoms with Crippen molar-refractivity contribution in [2.75, 3.05) is 0 Å². The average Bonchev–Trinajstić information content (AvgIpc) is 2.45. The summed E-state index contributed by atoms with van der Waals surface area (Å²) in [5, 5.41) is 0. The fraction of sp³-hybridized carbons (Fsp3) is 0.556. The van der Waals surface area contributed by atoms with Gasteiger partial charge in [-0.25, -0.2) is 0 Å². The van der Waals surface area contributed by atoms with Gasteiger partial charge in [-0.15, -0.1) is 0 Å². The first-order chi connectivity index (χ1) is 10.5. The fourth-order valence-corrected chi connectivity index (χ4v) is 4.07. The molecule has 0 unspecified atom stereocenters. The number of fused-ring (bicyclic) bond motifs is 3. The van der Waals surface area contributed by atoms with Crippen LogP contribution >= 0.6 is 0 Å². The van der Waals surface area contributed by atoms with E-state index >= 15 is 0 Å². The molecule has 0 heterocycles. The van der Waals surface area contributed by atoms with Crippen LogP contribution in [0.4, 0.5) is 0 Å². The molecule has 0 aliphatic heterocycles. The number of rotatable bonds is 2. The molecule has 1 aromatic rings. The van der Waals surface area contributed by atoms with E-state index in [1.165, 1.54) is 25.0 Å². The number of benzene rings is 1. The van der Waals surface area contributed by atoms with Crippen molar-refractivity contribution in [3.8, 4) is 5.75 Å². The minimum atomic E-state index is -0.269. The molecule has 2 aliphatic rings. The standard InChI is InChI=1S/C18H22O4/c1-11(19)21-14-7-9-15-13(10-14)6-8-17-16(15)4-3-5-18(17)22-12(2)20/h3-5,13-15H,6-10H2,1-2H3/t13-,14-,15+/m1/s1. The highest BCUT2D eigenvalue weighted by Crippen LogP contribution is 2.47. The Morgan fingerprint density at radius 1 is 1.09 bits per heavy atom. The van der Waals surface area contributed by atoms with Crippen molar-refractivity contribution < 1.29 is 19.1 Å². The number of esters is 2. The van der Waals surface area contributed by atoms with Crippen molar-refractivity contribution in [2.45, 2.75) is 58.0 Å². The molecule has 0 radical (unpaired) electrons. The topological polar surface area (TPSA) is 52.6 Å². The summed E-state index contributed by atoms with van der Waals surface area (Å²) in [6.07, 6.45) is 4.94. The molecule has 1 saturated carbocycles. The van der Waals surface area contributed by atoms with Gasteiger partial charge in [0.2, 0.25) is 0 Å². The predicted molar refractivity (Wildman–Crippen MR) is 81.7 cm³/mol. The van der Waals surface area contributed by atoms with Crippen LogP contribution in [0.15, 0.2) is 18.2 Å². The molecule has 3 rings (SSSR count). The highest BCUT2D eigenvalue weighted by molar-refractivity contribution is 5.70. The first kappa shape index (κ1) is 15.1. The van der Waals surface area contributed by atoms with Gasteiger partial charge in [0.05, 0.1) is 0 Å². The third-order valence-corrected chi connectivity index (χ3v) is 4.85. The minimum Gasteiger partial charge on any atom is -0.463 e. The SMILES string of the molecule is CC(=O)Oc1cccc2c1CC[C@@H]1C[C@H](OC(C)=O)CC[C@H]21. The number of ether oxygens (including phenoxy) is 2. The van der Waals surface area contributed by atoms with Gasteiger partial charge in [0.25, 0.3) is 0 Å². The van der Waals surface area contributed by atoms with Gasteiger partial charge in [0.1, 0.15) is 11.9 Å². The number of hydrogen-bond donors (Lipinski definition) is 0. The van der Waals surface area contributed by atoms with E-state index < -0.39 is 0 Å². The molecule has 2 aliphatic carbocycles. The zero-order valence-electron chi connectivity index (χ0n) is 13.1. The third kappa shape index (κ3) is 3.01. The quantitative estimate of drug-likeness (QED) is 0.621. The smallest absolute Gasteiger partial charge is 0.308 e. The fourth-order valence-electron chi connectivity index (χ4n) is 4.07. The number of carbonyl (C=O) groups excluding carboxylic acids is 2. The van der Waals surface area contributed by atoms with Crippen molar-refractivity contribution in [3.05, 3.63) is 29.3 Å². The Labute approximate surface area is 130 Å². The van der Waals surface area contributed by atoms with Crippen molar-refractivity contribution in [1.29, 1.82) is 0 Å². The summed E-state index contributed by atoms with van der Waals surface area (Å²) < 4.78 is 10.8. The van der Waals surface area contributed by atoms with Gasteiger partial charge < -0.3 is 9.47 Å². The number of carbonyl (C=O) groups is 2. The Balaban J connectivity index is 1.81. The third-order valence-electron chi connectivity index (χ3n) is 4.85. The molecule has 1 aromatic carbocycles.